The molecule has 1 N–H and O–H groups in total. The molecule has 0 aromatic heterocycles. The van der Waals surface area contributed by atoms with Crippen molar-refractivity contribution in [2.75, 3.05) is 6.54 Å². The maximum Gasteiger partial charge on any atom is 0.0208 e. The summed E-state index contributed by atoms with van der Waals surface area (Å²) in [6, 6.07) is 4.55. The summed E-state index contributed by atoms with van der Waals surface area (Å²) in [6.45, 7) is 12.2. The third-order valence-corrected chi connectivity index (χ3v) is 2.79. The van der Waals surface area contributed by atoms with Crippen molar-refractivity contribution in [2.45, 2.75) is 33.7 Å². The fourth-order valence-corrected chi connectivity index (χ4v) is 1.64. The van der Waals surface area contributed by atoms with Crippen molar-refractivity contribution in [1.29, 1.82) is 0 Å². The summed E-state index contributed by atoms with van der Waals surface area (Å²) in [5, 5.41) is 3.42. The smallest absolute Gasteiger partial charge is 0.0208 e. The van der Waals surface area contributed by atoms with E-state index in [9.17, 15) is 0 Å². The zero-order valence-corrected chi connectivity index (χ0v) is 10.1. The first-order valence-electron chi connectivity index (χ1n) is 5.53. The van der Waals surface area contributed by atoms with E-state index >= 15 is 0 Å². The second-order valence-corrected chi connectivity index (χ2v) is 4.12. The van der Waals surface area contributed by atoms with Crippen LogP contribution in [0.25, 0.3) is 0 Å². The average Bonchev–Trinajstić information content (AvgIpc) is 2.20. The second kappa shape index (κ2) is 5.72. The van der Waals surface area contributed by atoms with Crippen molar-refractivity contribution in [3.05, 3.63) is 47.0 Å². The zero-order valence-electron chi connectivity index (χ0n) is 10.1. The van der Waals surface area contributed by atoms with Gasteiger partial charge in [0.1, 0.15) is 0 Å². The minimum Gasteiger partial charge on any atom is -0.312 e. The van der Waals surface area contributed by atoms with Gasteiger partial charge < -0.3 is 5.32 Å². The lowest BCUT2D eigenvalue weighted by molar-refractivity contribution is 0.692. The van der Waals surface area contributed by atoms with Crippen LogP contribution in [0.3, 0.4) is 0 Å². The highest BCUT2D eigenvalue weighted by atomic mass is 14.8. The van der Waals surface area contributed by atoms with Gasteiger partial charge in [-0.1, -0.05) is 18.2 Å². The van der Waals surface area contributed by atoms with Gasteiger partial charge in [0.15, 0.2) is 0 Å². The summed E-state index contributed by atoms with van der Waals surface area (Å²) in [4.78, 5) is 0. The van der Waals surface area contributed by atoms with Gasteiger partial charge in [-0.15, -0.1) is 6.58 Å². The molecule has 0 atom stereocenters. The van der Waals surface area contributed by atoms with Crippen molar-refractivity contribution >= 4 is 0 Å². The molecule has 1 rings (SSSR count). The molecule has 0 radical (unpaired) electrons. The highest BCUT2D eigenvalue weighted by molar-refractivity contribution is 5.36. The molecule has 0 aliphatic heterocycles. The molecule has 0 aliphatic carbocycles. The lowest BCUT2D eigenvalue weighted by atomic mass is 10.0. The van der Waals surface area contributed by atoms with Gasteiger partial charge in [0.05, 0.1) is 0 Å². The molecule has 1 aromatic rings. The Morgan fingerprint density at radius 3 is 2.47 bits per heavy atom. The summed E-state index contributed by atoms with van der Waals surface area (Å²) in [6.07, 6.45) is 2.98. The van der Waals surface area contributed by atoms with E-state index in [-0.39, 0.29) is 0 Å². The fourth-order valence-electron chi connectivity index (χ4n) is 1.64. The van der Waals surface area contributed by atoms with Crippen molar-refractivity contribution in [2.24, 2.45) is 0 Å². The first-order chi connectivity index (χ1) is 7.15. The Morgan fingerprint density at radius 1 is 1.13 bits per heavy atom. The summed E-state index contributed by atoms with van der Waals surface area (Å²) in [5.41, 5.74) is 5.54. The molecule has 0 heterocycles. The van der Waals surface area contributed by atoms with E-state index in [0.29, 0.717) is 0 Å². The van der Waals surface area contributed by atoms with Crippen LogP contribution in [0.15, 0.2) is 24.8 Å². The molecule has 82 valence electrons. The number of rotatable bonds is 5. The largest absolute Gasteiger partial charge is 0.312 e. The number of aryl methyl sites for hydroxylation is 3. The van der Waals surface area contributed by atoms with Gasteiger partial charge in [-0.3, -0.25) is 0 Å². The van der Waals surface area contributed by atoms with E-state index < -0.39 is 0 Å². The van der Waals surface area contributed by atoms with Crippen LogP contribution >= 0.6 is 0 Å². The Bertz CT molecular complexity index is 339. The Hall–Kier alpha value is -1.08. The molecule has 1 nitrogen and oxygen atoms in total. The molecule has 0 fully saturated rings. The van der Waals surface area contributed by atoms with E-state index in [1.807, 2.05) is 6.08 Å². The Balaban J connectivity index is 2.61. The topological polar surface area (TPSA) is 12.0 Å². The van der Waals surface area contributed by atoms with Gasteiger partial charge in [0.25, 0.3) is 0 Å². The zero-order chi connectivity index (χ0) is 11.3. The van der Waals surface area contributed by atoms with E-state index in [4.69, 9.17) is 0 Å². The van der Waals surface area contributed by atoms with Crippen LogP contribution in [0.1, 0.15) is 28.7 Å². The molecule has 0 spiro atoms. The Labute approximate surface area is 93.2 Å². The molecular weight excluding hydrogens is 182 g/mol. The first kappa shape index (κ1) is 12.0. The summed E-state index contributed by atoms with van der Waals surface area (Å²) < 4.78 is 0. The predicted octanol–water partition coefficient (Wildman–Crippen LogP) is 3.28. The number of hydrogen-bond acceptors (Lipinski definition) is 1. The highest BCUT2D eigenvalue weighted by Crippen LogP contribution is 2.14. The maximum atomic E-state index is 3.71. The number of hydrogen-bond donors (Lipinski definition) is 1. The van der Waals surface area contributed by atoms with Gasteiger partial charge in [0.2, 0.25) is 0 Å². The van der Waals surface area contributed by atoms with Crippen molar-refractivity contribution in [1.82, 2.24) is 5.32 Å². The van der Waals surface area contributed by atoms with Gasteiger partial charge in [-0.05, 0) is 56.0 Å². The normalized spacial score (nSPS) is 10.3. The highest BCUT2D eigenvalue weighted by Gasteiger charge is 2.00. The molecular formula is C14H21N. The van der Waals surface area contributed by atoms with Crippen LogP contribution in [0.2, 0.25) is 0 Å². The standard InChI is InChI=1S/C14H21N/c1-5-6-7-15-10-14-9-12(3)11(2)8-13(14)4/h5,8-9,15H,1,6-7,10H2,2-4H3. The van der Waals surface area contributed by atoms with Crippen LogP contribution in [-0.4, -0.2) is 6.54 Å². The Morgan fingerprint density at radius 2 is 1.80 bits per heavy atom. The van der Waals surface area contributed by atoms with Gasteiger partial charge >= 0.3 is 0 Å². The molecule has 1 heteroatoms. The van der Waals surface area contributed by atoms with E-state index in [0.717, 1.165) is 19.5 Å². The van der Waals surface area contributed by atoms with Crippen LogP contribution in [0.5, 0.6) is 0 Å². The molecule has 1 aromatic carbocycles. The van der Waals surface area contributed by atoms with Crippen molar-refractivity contribution < 1.29 is 0 Å². The molecule has 0 unspecified atom stereocenters. The summed E-state index contributed by atoms with van der Waals surface area (Å²) in [5.74, 6) is 0. The summed E-state index contributed by atoms with van der Waals surface area (Å²) >= 11 is 0. The number of benzene rings is 1. The van der Waals surface area contributed by atoms with E-state index in [2.05, 4.69) is 44.8 Å². The van der Waals surface area contributed by atoms with Gasteiger partial charge in [-0.2, -0.15) is 0 Å². The molecule has 0 saturated carbocycles. The predicted molar refractivity (Wildman–Crippen MR) is 67.2 cm³/mol. The molecule has 0 aliphatic rings. The summed E-state index contributed by atoms with van der Waals surface area (Å²) in [7, 11) is 0. The van der Waals surface area contributed by atoms with Crippen molar-refractivity contribution in [3.63, 3.8) is 0 Å². The molecule has 0 bridgehead atoms. The van der Waals surface area contributed by atoms with E-state index in [1.165, 1.54) is 22.3 Å². The van der Waals surface area contributed by atoms with E-state index in [1.54, 1.807) is 0 Å². The van der Waals surface area contributed by atoms with Crippen LogP contribution < -0.4 is 5.32 Å². The fraction of sp³-hybridized carbons (Fsp3) is 0.429. The quantitative estimate of drug-likeness (QED) is 0.572. The van der Waals surface area contributed by atoms with Gasteiger partial charge in [-0.25, -0.2) is 0 Å². The third kappa shape index (κ3) is 3.52. The van der Waals surface area contributed by atoms with Crippen LogP contribution in [0, 0.1) is 20.8 Å². The number of nitrogens with one attached hydrogen (secondary N) is 1. The minimum absolute atomic E-state index is 0.959. The monoisotopic (exact) mass is 203 g/mol. The van der Waals surface area contributed by atoms with Crippen molar-refractivity contribution in [3.8, 4) is 0 Å². The molecule has 0 amide bonds. The molecule has 0 saturated heterocycles. The lowest BCUT2D eigenvalue weighted by Crippen LogP contribution is -2.15. The average molecular weight is 203 g/mol. The molecule has 15 heavy (non-hydrogen) atoms. The first-order valence-corrected chi connectivity index (χ1v) is 5.53. The lowest BCUT2D eigenvalue weighted by Gasteiger charge is -2.10. The maximum absolute atomic E-state index is 3.71. The third-order valence-electron chi connectivity index (χ3n) is 2.79. The minimum atomic E-state index is 0.959. The van der Waals surface area contributed by atoms with Gasteiger partial charge in [0, 0.05) is 6.54 Å². The Kier molecular flexibility index (Phi) is 4.57. The van der Waals surface area contributed by atoms with Crippen LogP contribution in [-0.2, 0) is 6.54 Å². The van der Waals surface area contributed by atoms with Crippen LogP contribution in [0.4, 0.5) is 0 Å². The second-order valence-electron chi connectivity index (χ2n) is 4.12. The SMILES string of the molecule is C=CCCNCc1cc(C)c(C)cc1C.